The lowest BCUT2D eigenvalue weighted by atomic mass is 9.98. The number of rotatable bonds is 2. The van der Waals surface area contributed by atoms with Gasteiger partial charge in [-0.3, -0.25) is 9.98 Å². The Kier molecular flexibility index (Phi) is 3.10. The van der Waals surface area contributed by atoms with E-state index in [-0.39, 0.29) is 5.97 Å². The van der Waals surface area contributed by atoms with Crippen molar-refractivity contribution in [2.45, 2.75) is 13.3 Å². The molecule has 82 valence electrons. The van der Waals surface area contributed by atoms with Crippen LogP contribution in [0.15, 0.2) is 45.2 Å². The summed E-state index contributed by atoms with van der Waals surface area (Å²) in [4.78, 5) is 19.8. The summed E-state index contributed by atoms with van der Waals surface area (Å²) < 4.78 is 4.95. The third-order valence-electron chi connectivity index (χ3n) is 2.29. The van der Waals surface area contributed by atoms with E-state index in [1.54, 1.807) is 31.6 Å². The first-order valence-corrected chi connectivity index (χ1v) is 5.14. The van der Waals surface area contributed by atoms with Crippen molar-refractivity contribution in [1.82, 2.24) is 0 Å². The fraction of sp³-hybridized carbons (Fsp3) is 0.250. The quantitative estimate of drug-likeness (QED) is 0.661. The molecular weight excluding hydrogens is 204 g/mol. The van der Waals surface area contributed by atoms with Crippen molar-refractivity contribution in [3.05, 3.63) is 35.2 Å². The molecule has 0 atom stereocenters. The van der Waals surface area contributed by atoms with E-state index in [0.717, 1.165) is 11.3 Å². The molecule has 2 aliphatic rings. The number of hydrogen-bond donors (Lipinski definition) is 0. The molecule has 1 heterocycles. The fourth-order valence-corrected chi connectivity index (χ4v) is 1.53. The van der Waals surface area contributed by atoms with Crippen LogP contribution in [0.2, 0.25) is 0 Å². The van der Waals surface area contributed by atoms with Gasteiger partial charge in [-0.1, -0.05) is 0 Å². The molecule has 16 heavy (non-hydrogen) atoms. The van der Waals surface area contributed by atoms with Crippen LogP contribution in [0.5, 0.6) is 0 Å². The molecular formula is C12H12N2O2. The molecule has 0 saturated carbocycles. The van der Waals surface area contributed by atoms with Gasteiger partial charge in [0.25, 0.3) is 0 Å². The highest BCUT2D eigenvalue weighted by molar-refractivity contribution is 6.17. The van der Waals surface area contributed by atoms with Crippen LogP contribution in [-0.4, -0.2) is 25.0 Å². The van der Waals surface area contributed by atoms with Crippen LogP contribution in [0, 0.1) is 0 Å². The Labute approximate surface area is 93.7 Å². The van der Waals surface area contributed by atoms with Crippen LogP contribution < -0.4 is 0 Å². The maximum atomic E-state index is 11.5. The number of carbonyl (C=O) groups is 1. The molecule has 4 nitrogen and oxygen atoms in total. The third-order valence-corrected chi connectivity index (χ3v) is 2.29. The molecule has 0 unspecified atom stereocenters. The van der Waals surface area contributed by atoms with Gasteiger partial charge in [0.05, 0.1) is 12.3 Å². The Morgan fingerprint density at radius 1 is 1.44 bits per heavy atom. The molecule has 1 aliphatic carbocycles. The molecule has 0 amide bonds. The number of aliphatic imine (C=N–C) groups is 2. The van der Waals surface area contributed by atoms with E-state index < -0.39 is 0 Å². The Balaban J connectivity index is 2.23. The topological polar surface area (TPSA) is 51.0 Å². The lowest BCUT2D eigenvalue weighted by Crippen LogP contribution is -2.10. The minimum absolute atomic E-state index is 0.268. The predicted octanol–water partition coefficient (Wildman–Crippen LogP) is 1.80. The summed E-state index contributed by atoms with van der Waals surface area (Å²) in [5.41, 5.74) is 2.44. The van der Waals surface area contributed by atoms with Crippen molar-refractivity contribution >= 4 is 18.4 Å². The number of esters is 1. The van der Waals surface area contributed by atoms with Crippen molar-refractivity contribution in [3.8, 4) is 0 Å². The third kappa shape index (κ3) is 2.16. The van der Waals surface area contributed by atoms with Crippen molar-refractivity contribution in [1.29, 1.82) is 0 Å². The summed E-state index contributed by atoms with van der Waals surface area (Å²) in [5, 5.41) is 0. The highest BCUT2D eigenvalue weighted by atomic mass is 16.5. The van der Waals surface area contributed by atoms with Crippen LogP contribution in [-0.2, 0) is 9.53 Å². The average Bonchev–Trinajstić information content (AvgIpc) is 2.53. The van der Waals surface area contributed by atoms with E-state index in [0.29, 0.717) is 18.6 Å². The minimum Gasteiger partial charge on any atom is -0.463 e. The van der Waals surface area contributed by atoms with Crippen LogP contribution in [0.3, 0.4) is 0 Å². The van der Waals surface area contributed by atoms with Crippen LogP contribution in [0.25, 0.3) is 0 Å². The zero-order valence-corrected chi connectivity index (χ0v) is 9.01. The summed E-state index contributed by atoms with van der Waals surface area (Å²) in [6, 6.07) is 0. The standard InChI is InChI=1S/C12H12N2O2/c1-2-16-12(15)9-3-4-11-10(7-9)8-13-5-6-14-11/h3-6,8H,2,7H2,1H3. The molecule has 0 bridgehead atoms. The summed E-state index contributed by atoms with van der Waals surface area (Å²) in [5.74, 6) is -0.268. The van der Waals surface area contributed by atoms with Crippen molar-refractivity contribution in [2.24, 2.45) is 9.98 Å². The zero-order chi connectivity index (χ0) is 11.4. The monoisotopic (exact) mass is 216 g/mol. The number of carbonyl (C=O) groups excluding carboxylic acids is 1. The molecule has 0 N–H and O–H groups in total. The molecule has 4 heteroatoms. The smallest absolute Gasteiger partial charge is 0.334 e. The second kappa shape index (κ2) is 4.70. The second-order valence-electron chi connectivity index (χ2n) is 3.37. The van der Waals surface area contributed by atoms with Gasteiger partial charge in [0.2, 0.25) is 0 Å². The van der Waals surface area contributed by atoms with Crippen LogP contribution in [0.4, 0.5) is 0 Å². The number of allylic oxidation sites excluding steroid dienone is 3. The van der Waals surface area contributed by atoms with Crippen molar-refractivity contribution < 1.29 is 9.53 Å². The minimum atomic E-state index is -0.268. The van der Waals surface area contributed by atoms with E-state index in [1.807, 2.05) is 6.08 Å². The second-order valence-corrected chi connectivity index (χ2v) is 3.37. The predicted molar refractivity (Wildman–Crippen MR) is 62.5 cm³/mol. The normalized spacial score (nSPS) is 17.9. The summed E-state index contributed by atoms with van der Waals surface area (Å²) in [6.45, 7) is 2.18. The fourth-order valence-electron chi connectivity index (χ4n) is 1.53. The molecule has 2 rings (SSSR count). The highest BCUT2D eigenvalue weighted by Gasteiger charge is 2.18. The Morgan fingerprint density at radius 3 is 3.12 bits per heavy atom. The first-order chi connectivity index (χ1) is 7.81. The van der Waals surface area contributed by atoms with Gasteiger partial charge in [0.1, 0.15) is 0 Å². The molecule has 0 saturated heterocycles. The van der Waals surface area contributed by atoms with Gasteiger partial charge in [-0.15, -0.1) is 0 Å². The van der Waals surface area contributed by atoms with E-state index >= 15 is 0 Å². The van der Waals surface area contributed by atoms with Gasteiger partial charge in [-0.05, 0) is 19.1 Å². The van der Waals surface area contributed by atoms with Gasteiger partial charge < -0.3 is 4.74 Å². The number of ether oxygens (including phenoxy) is 1. The van der Waals surface area contributed by atoms with Crippen molar-refractivity contribution in [3.63, 3.8) is 0 Å². The highest BCUT2D eigenvalue weighted by Crippen LogP contribution is 2.26. The first kappa shape index (κ1) is 10.5. The summed E-state index contributed by atoms with van der Waals surface area (Å²) in [7, 11) is 0. The first-order valence-electron chi connectivity index (χ1n) is 5.14. The molecule has 0 aromatic carbocycles. The maximum absolute atomic E-state index is 11.5. The average molecular weight is 216 g/mol. The van der Waals surface area contributed by atoms with Crippen LogP contribution in [0.1, 0.15) is 13.3 Å². The van der Waals surface area contributed by atoms with Crippen LogP contribution >= 0.6 is 0 Å². The SMILES string of the molecule is CCOC(=O)C1=CC=C2N=CC=NC=C2C1. The van der Waals surface area contributed by atoms with E-state index in [4.69, 9.17) is 4.74 Å². The van der Waals surface area contributed by atoms with Gasteiger partial charge in [-0.2, -0.15) is 0 Å². The van der Waals surface area contributed by atoms with E-state index in [2.05, 4.69) is 9.98 Å². The number of hydrogen-bond acceptors (Lipinski definition) is 4. The van der Waals surface area contributed by atoms with E-state index in [9.17, 15) is 4.79 Å². The summed E-state index contributed by atoms with van der Waals surface area (Å²) in [6.07, 6.45) is 9.08. The van der Waals surface area contributed by atoms with Gasteiger partial charge in [0.15, 0.2) is 0 Å². The molecule has 0 radical (unpaired) electrons. The molecule has 0 aromatic rings. The maximum Gasteiger partial charge on any atom is 0.334 e. The lowest BCUT2D eigenvalue weighted by molar-refractivity contribution is -0.138. The molecule has 0 aromatic heterocycles. The van der Waals surface area contributed by atoms with Gasteiger partial charge in [0, 0.05) is 36.2 Å². The zero-order valence-electron chi connectivity index (χ0n) is 9.01. The Bertz CT molecular complexity index is 454. The van der Waals surface area contributed by atoms with Crippen molar-refractivity contribution in [2.75, 3.05) is 6.61 Å². The van der Waals surface area contributed by atoms with Gasteiger partial charge in [-0.25, -0.2) is 4.79 Å². The largest absolute Gasteiger partial charge is 0.463 e. The van der Waals surface area contributed by atoms with E-state index in [1.165, 1.54) is 0 Å². The lowest BCUT2D eigenvalue weighted by Gasteiger charge is -2.13. The molecule has 0 spiro atoms. The summed E-state index contributed by atoms with van der Waals surface area (Å²) >= 11 is 0. The Morgan fingerprint density at radius 2 is 2.31 bits per heavy atom. The molecule has 1 aliphatic heterocycles. The van der Waals surface area contributed by atoms with Gasteiger partial charge >= 0.3 is 5.97 Å². The Hall–Kier alpha value is -1.97. The number of nitrogens with zero attached hydrogens (tertiary/aromatic N) is 2. The molecule has 0 fully saturated rings. The number of fused-ring (bicyclic) bond motifs is 1.